The van der Waals surface area contributed by atoms with Crippen LogP contribution in [0.5, 0.6) is 11.5 Å². The average molecular weight is 439 g/mol. The summed E-state index contributed by atoms with van der Waals surface area (Å²) in [5.74, 6) is -0.804. The Labute approximate surface area is 176 Å². The summed E-state index contributed by atoms with van der Waals surface area (Å²) in [7, 11) is -3.00. The number of urea groups is 1. The van der Waals surface area contributed by atoms with E-state index in [1.54, 1.807) is 23.1 Å². The molecule has 2 rings (SSSR count). The lowest BCUT2D eigenvalue weighted by Crippen LogP contribution is -2.44. The first-order valence-electron chi connectivity index (χ1n) is 9.63. The highest BCUT2D eigenvalue weighted by molar-refractivity contribution is 7.87. The molecule has 0 aliphatic carbocycles. The Morgan fingerprint density at radius 1 is 1.17 bits per heavy atom. The van der Waals surface area contributed by atoms with Crippen molar-refractivity contribution in [3.63, 3.8) is 0 Å². The topological polar surface area (TPSA) is 84.9 Å². The summed E-state index contributed by atoms with van der Waals surface area (Å²) in [4.78, 5) is 13.7. The molecule has 164 valence electrons. The molecule has 30 heavy (non-hydrogen) atoms. The van der Waals surface area contributed by atoms with Crippen molar-refractivity contribution in [2.45, 2.75) is 44.7 Å². The van der Waals surface area contributed by atoms with Gasteiger partial charge in [0.15, 0.2) is 11.6 Å². The van der Waals surface area contributed by atoms with E-state index in [1.165, 1.54) is 25.3 Å². The first-order chi connectivity index (χ1) is 14.2. The van der Waals surface area contributed by atoms with Crippen LogP contribution in [0, 0.1) is 5.82 Å². The van der Waals surface area contributed by atoms with E-state index in [9.17, 15) is 17.6 Å². The number of benzene rings is 2. The third-order valence-electron chi connectivity index (χ3n) is 4.64. The minimum absolute atomic E-state index is 0.0690. The fourth-order valence-electron chi connectivity index (χ4n) is 2.77. The number of nitrogens with one attached hydrogen (secondary N) is 1. The second-order valence-electron chi connectivity index (χ2n) is 6.66. The maximum atomic E-state index is 14.0. The molecule has 9 heteroatoms. The number of para-hydroxylation sites is 1. The molecule has 0 saturated carbocycles. The van der Waals surface area contributed by atoms with Gasteiger partial charge in [0, 0.05) is 18.2 Å². The number of ether oxygens (including phenoxy) is 1. The van der Waals surface area contributed by atoms with Crippen LogP contribution < -0.4 is 14.2 Å². The van der Waals surface area contributed by atoms with Crippen LogP contribution >= 0.6 is 0 Å². The van der Waals surface area contributed by atoms with Gasteiger partial charge >= 0.3 is 16.1 Å². The molecule has 2 aromatic rings. The van der Waals surface area contributed by atoms with Crippen molar-refractivity contribution >= 4 is 16.1 Å². The van der Waals surface area contributed by atoms with Crippen LogP contribution in [0.2, 0.25) is 0 Å². The molecule has 0 fully saturated rings. The summed E-state index contributed by atoms with van der Waals surface area (Å²) in [5.41, 5.74) is 0.515. The van der Waals surface area contributed by atoms with Gasteiger partial charge in [-0.05, 0) is 44.5 Å². The van der Waals surface area contributed by atoms with Gasteiger partial charge < -0.3 is 19.1 Å². The monoisotopic (exact) mass is 438 g/mol. The van der Waals surface area contributed by atoms with Gasteiger partial charge in [-0.3, -0.25) is 0 Å². The lowest BCUT2D eigenvalue weighted by Gasteiger charge is -2.29. The predicted octanol–water partition coefficient (Wildman–Crippen LogP) is 3.93. The number of hydrogen-bond donors (Lipinski definition) is 1. The third kappa shape index (κ3) is 5.63. The predicted molar refractivity (Wildman–Crippen MR) is 112 cm³/mol. The molecule has 0 heterocycles. The van der Waals surface area contributed by atoms with Gasteiger partial charge in [-0.25, -0.2) is 9.18 Å². The molecule has 0 aliphatic rings. The average Bonchev–Trinajstić information content (AvgIpc) is 2.72. The highest BCUT2D eigenvalue weighted by Gasteiger charge is 2.24. The number of methoxy groups -OCH3 is 1. The molecule has 1 unspecified atom stereocenters. The van der Waals surface area contributed by atoms with Gasteiger partial charge in [-0.15, -0.1) is 0 Å². The van der Waals surface area contributed by atoms with E-state index in [1.807, 2.05) is 20.8 Å². The molecule has 0 saturated heterocycles. The molecule has 7 nitrogen and oxygen atoms in total. The maximum Gasteiger partial charge on any atom is 0.339 e. The van der Waals surface area contributed by atoms with Gasteiger partial charge in [0.25, 0.3) is 0 Å². The van der Waals surface area contributed by atoms with E-state index in [4.69, 9.17) is 8.92 Å². The summed E-state index contributed by atoms with van der Waals surface area (Å²) in [6.45, 7) is 6.33. The van der Waals surface area contributed by atoms with E-state index >= 15 is 0 Å². The van der Waals surface area contributed by atoms with Gasteiger partial charge in [0.1, 0.15) is 10.6 Å². The van der Waals surface area contributed by atoms with Gasteiger partial charge in [0.05, 0.1) is 13.7 Å². The summed E-state index contributed by atoms with van der Waals surface area (Å²) < 4.78 is 49.5. The molecule has 1 atom stereocenters. The quantitative estimate of drug-likeness (QED) is 0.600. The fraction of sp³-hybridized carbons (Fsp3) is 0.381. The van der Waals surface area contributed by atoms with Crippen LogP contribution in [-0.2, 0) is 16.7 Å². The number of amides is 2. The van der Waals surface area contributed by atoms with Gasteiger partial charge in [0.2, 0.25) is 0 Å². The zero-order valence-electron chi connectivity index (χ0n) is 17.5. The van der Waals surface area contributed by atoms with E-state index in [0.717, 1.165) is 12.5 Å². The van der Waals surface area contributed by atoms with Crippen molar-refractivity contribution < 1.29 is 26.5 Å². The molecular formula is C21H27FN2O5S. The smallest absolute Gasteiger partial charge is 0.339 e. The Kier molecular flexibility index (Phi) is 8.05. The lowest BCUT2D eigenvalue weighted by molar-refractivity contribution is 0.173. The van der Waals surface area contributed by atoms with E-state index in [-0.39, 0.29) is 35.0 Å². The van der Waals surface area contributed by atoms with Crippen molar-refractivity contribution in [3.8, 4) is 11.5 Å². The fourth-order valence-corrected chi connectivity index (χ4v) is 3.75. The first kappa shape index (κ1) is 23.5. The Morgan fingerprint density at radius 3 is 2.47 bits per heavy atom. The Morgan fingerprint density at radius 2 is 1.87 bits per heavy atom. The van der Waals surface area contributed by atoms with Crippen LogP contribution in [-0.4, -0.2) is 39.0 Å². The highest BCUT2D eigenvalue weighted by atomic mass is 32.2. The molecular weight excluding hydrogens is 411 g/mol. The molecule has 0 spiro atoms. The van der Waals surface area contributed by atoms with E-state index in [0.29, 0.717) is 12.1 Å². The van der Waals surface area contributed by atoms with E-state index < -0.39 is 15.9 Å². The molecule has 0 aromatic heterocycles. The number of halogens is 1. The van der Waals surface area contributed by atoms with Gasteiger partial charge in [-0.1, -0.05) is 25.1 Å². The van der Waals surface area contributed by atoms with Crippen molar-refractivity contribution in [3.05, 3.63) is 53.8 Å². The zero-order valence-corrected chi connectivity index (χ0v) is 18.3. The summed E-state index contributed by atoms with van der Waals surface area (Å²) in [5, 5.41) is 2.77. The Bertz CT molecular complexity index is 981. The molecule has 0 radical (unpaired) electrons. The third-order valence-corrected chi connectivity index (χ3v) is 5.87. The maximum absolute atomic E-state index is 14.0. The molecule has 0 aliphatic heterocycles. The second-order valence-corrected chi connectivity index (χ2v) is 8.21. The minimum Gasteiger partial charge on any atom is -0.494 e. The second kappa shape index (κ2) is 10.3. The standard InChI is InChI=1S/C21H27FN2O5S/c1-5-15(3)24(21(25)23-6-2)14-16-9-7-8-10-19(16)29-30(26,27)17-11-12-20(28-4)18(22)13-17/h7-13,15H,5-6,14H2,1-4H3,(H,23,25). The summed E-state index contributed by atoms with van der Waals surface area (Å²) in [6.07, 6.45) is 0.726. The summed E-state index contributed by atoms with van der Waals surface area (Å²) >= 11 is 0. The Balaban J connectivity index is 2.33. The van der Waals surface area contributed by atoms with Crippen LogP contribution in [0.15, 0.2) is 47.4 Å². The van der Waals surface area contributed by atoms with Crippen molar-refractivity contribution in [2.24, 2.45) is 0 Å². The van der Waals surface area contributed by atoms with Crippen LogP contribution in [0.25, 0.3) is 0 Å². The number of hydrogen-bond acceptors (Lipinski definition) is 5. The molecule has 0 bridgehead atoms. The number of rotatable bonds is 9. The SMILES string of the molecule is CCNC(=O)N(Cc1ccccc1OS(=O)(=O)c1ccc(OC)c(F)c1)C(C)CC. The van der Waals surface area contributed by atoms with Crippen LogP contribution in [0.3, 0.4) is 0 Å². The Hall–Kier alpha value is -2.81. The summed E-state index contributed by atoms with van der Waals surface area (Å²) in [6, 6.07) is 9.50. The number of nitrogens with zero attached hydrogens (tertiary/aromatic N) is 1. The normalized spacial score (nSPS) is 12.2. The zero-order chi connectivity index (χ0) is 22.3. The lowest BCUT2D eigenvalue weighted by atomic mass is 10.1. The molecule has 1 N–H and O–H groups in total. The first-order valence-corrected chi connectivity index (χ1v) is 11.0. The van der Waals surface area contributed by atoms with Crippen LogP contribution in [0.4, 0.5) is 9.18 Å². The number of carbonyl (C=O) groups is 1. The van der Waals surface area contributed by atoms with Gasteiger partial charge in [-0.2, -0.15) is 8.42 Å². The van der Waals surface area contributed by atoms with Crippen LogP contribution in [0.1, 0.15) is 32.8 Å². The minimum atomic E-state index is -4.29. The van der Waals surface area contributed by atoms with E-state index in [2.05, 4.69) is 5.32 Å². The number of carbonyl (C=O) groups excluding carboxylic acids is 1. The van der Waals surface area contributed by atoms with Crippen molar-refractivity contribution in [1.82, 2.24) is 10.2 Å². The molecule has 2 amide bonds. The molecule has 2 aromatic carbocycles. The van der Waals surface area contributed by atoms with Crippen molar-refractivity contribution in [2.75, 3.05) is 13.7 Å². The largest absolute Gasteiger partial charge is 0.494 e. The van der Waals surface area contributed by atoms with Crippen molar-refractivity contribution in [1.29, 1.82) is 0 Å². The highest BCUT2D eigenvalue weighted by Crippen LogP contribution is 2.27.